The maximum absolute atomic E-state index is 11.8. The number of carbonyl (C=O) groups excluding carboxylic acids is 1. The Morgan fingerprint density at radius 3 is 2.29 bits per heavy atom. The summed E-state index contributed by atoms with van der Waals surface area (Å²) in [5.41, 5.74) is 0. The lowest BCUT2D eigenvalue weighted by Crippen LogP contribution is -2.47. The fourth-order valence-electron chi connectivity index (χ4n) is 2.33. The monoisotopic (exact) mass is 240 g/mol. The van der Waals surface area contributed by atoms with Crippen molar-refractivity contribution < 1.29 is 14.7 Å². The molecule has 1 saturated carbocycles. The second kappa shape index (κ2) is 5.49. The molecule has 0 bridgehead atoms. The van der Waals surface area contributed by atoms with Crippen LogP contribution in [0.3, 0.4) is 0 Å². The number of likely N-dealkylation sites (tertiary alicyclic amines) is 1. The highest BCUT2D eigenvalue weighted by Gasteiger charge is 2.27. The van der Waals surface area contributed by atoms with E-state index in [2.05, 4.69) is 5.32 Å². The van der Waals surface area contributed by atoms with E-state index in [9.17, 15) is 9.59 Å². The molecular weight excluding hydrogens is 220 g/mol. The zero-order valence-electron chi connectivity index (χ0n) is 10.0. The SMILES string of the molecule is O=C(O)C1CCN(C(=O)CNC2CCC2)CC1. The molecule has 0 unspecified atom stereocenters. The minimum absolute atomic E-state index is 0.112. The Hall–Kier alpha value is -1.10. The maximum atomic E-state index is 11.8. The van der Waals surface area contributed by atoms with Crippen molar-refractivity contribution in [2.24, 2.45) is 5.92 Å². The molecule has 1 amide bonds. The van der Waals surface area contributed by atoms with Gasteiger partial charge in [0.1, 0.15) is 0 Å². The summed E-state index contributed by atoms with van der Waals surface area (Å²) in [6.45, 7) is 1.58. The summed E-state index contributed by atoms with van der Waals surface area (Å²) in [6, 6.07) is 0.524. The molecule has 0 atom stereocenters. The molecule has 17 heavy (non-hydrogen) atoms. The van der Waals surface area contributed by atoms with Crippen molar-refractivity contribution in [3.05, 3.63) is 0 Å². The molecule has 0 spiro atoms. The summed E-state index contributed by atoms with van der Waals surface area (Å²) in [5.74, 6) is -0.885. The average molecular weight is 240 g/mol. The van der Waals surface area contributed by atoms with Gasteiger partial charge in [-0.15, -0.1) is 0 Å². The summed E-state index contributed by atoms with van der Waals surface area (Å²) in [6.07, 6.45) is 4.79. The van der Waals surface area contributed by atoms with E-state index >= 15 is 0 Å². The standard InChI is InChI=1S/C12H20N2O3/c15-11(8-13-10-2-1-3-10)14-6-4-9(5-7-14)12(16)17/h9-10,13H,1-8H2,(H,16,17). The van der Waals surface area contributed by atoms with Crippen LogP contribution in [0.5, 0.6) is 0 Å². The number of carboxylic acid groups (broad SMARTS) is 1. The van der Waals surface area contributed by atoms with Crippen molar-refractivity contribution in [2.45, 2.75) is 38.1 Å². The van der Waals surface area contributed by atoms with E-state index in [1.165, 1.54) is 19.3 Å². The molecule has 2 N–H and O–H groups in total. The van der Waals surface area contributed by atoms with Gasteiger partial charge in [0.15, 0.2) is 0 Å². The average Bonchev–Trinajstić information content (AvgIpc) is 2.27. The lowest BCUT2D eigenvalue weighted by Gasteiger charge is -2.32. The van der Waals surface area contributed by atoms with Gasteiger partial charge in [-0.1, -0.05) is 6.42 Å². The first-order chi connectivity index (χ1) is 8.16. The van der Waals surface area contributed by atoms with Crippen LogP contribution in [0.4, 0.5) is 0 Å². The highest BCUT2D eigenvalue weighted by molar-refractivity contribution is 5.79. The van der Waals surface area contributed by atoms with Crippen molar-refractivity contribution in [3.8, 4) is 0 Å². The Morgan fingerprint density at radius 1 is 1.18 bits per heavy atom. The van der Waals surface area contributed by atoms with Crippen LogP contribution in [0.15, 0.2) is 0 Å². The molecule has 0 radical (unpaired) electrons. The summed E-state index contributed by atoms with van der Waals surface area (Å²) in [4.78, 5) is 24.4. The predicted octanol–water partition coefficient (Wildman–Crippen LogP) is 0.452. The van der Waals surface area contributed by atoms with Crippen molar-refractivity contribution in [3.63, 3.8) is 0 Å². The van der Waals surface area contributed by atoms with Gasteiger partial charge >= 0.3 is 5.97 Å². The third-order valence-electron chi connectivity index (χ3n) is 3.84. The van der Waals surface area contributed by atoms with E-state index in [0.717, 1.165) is 0 Å². The maximum Gasteiger partial charge on any atom is 0.306 e. The number of carbonyl (C=O) groups is 2. The van der Waals surface area contributed by atoms with Gasteiger partial charge in [-0.2, -0.15) is 0 Å². The van der Waals surface area contributed by atoms with Crippen molar-refractivity contribution in [1.82, 2.24) is 10.2 Å². The van der Waals surface area contributed by atoms with E-state index in [1.807, 2.05) is 0 Å². The quantitative estimate of drug-likeness (QED) is 0.748. The Labute approximate surface area is 101 Å². The van der Waals surface area contributed by atoms with Crippen molar-refractivity contribution in [2.75, 3.05) is 19.6 Å². The van der Waals surface area contributed by atoms with Gasteiger partial charge in [0.2, 0.25) is 5.91 Å². The Kier molecular flexibility index (Phi) is 3.99. The second-order valence-corrected chi connectivity index (χ2v) is 5.00. The van der Waals surface area contributed by atoms with Crippen molar-refractivity contribution >= 4 is 11.9 Å². The Balaban J connectivity index is 1.68. The first-order valence-electron chi connectivity index (χ1n) is 6.41. The smallest absolute Gasteiger partial charge is 0.306 e. The number of nitrogens with zero attached hydrogens (tertiary/aromatic N) is 1. The first-order valence-corrected chi connectivity index (χ1v) is 6.41. The van der Waals surface area contributed by atoms with Crippen LogP contribution in [0.1, 0.15) is 32.1 Å². The second-order valence-electron chi connectivity index (χ2n) is 5.00. The van der Waals surface area contributed by atoms with Crippen LogP contribution in [0, 0.1) is 5.92 Å². The Bertz CT molecular complexity index is 294. The predicted molar refractivity (Wildman–Crippen MR) is 62.6 cm³/mol. The van der Waals surface area contributed by atoms with Crippen LogP contribution in [0.25, 0.3) is 0 Å². The Morgan fingerprint density at radius 2 is 1.82 bits per heavy atom. The number of hydrogen-bond acceptors (Lipinski definition) is 3. The number of amides is 1. The molecule has 0 aromatic heterocycles. The summed E-state index contributed by atoms with van der Waals surface area (Å²) in [5, 5.41) is 12.1. The molecule has 5 heteroatoms. The number of carboxylic acids is 1. The molecule has 5 nitrogen and oxygen atoms in total. The molecule has 1 saturated heterocycles. The van der Waals surface area contributed by atoms with E-state index < -0.39 is 5.97 Å². The molecular formula is C12H20N2O3. The largest absolute Gasteiger partial charge is 0.481 e. The van der Waals surface area contributed by atoms with Gasteiger partial charge in [0.25, 0.3) is 0 Å². The molecule has 1 heterocycles. The van der Waals surface area contributed by atoms with Crippen LogP contribution >= 0.6 is 0 Å². The van der Waals surface area contributed by atoms with E-state index in [1.54, 1.807) is 4.90 Å². The zero-order chi connectivity index (χ0) is 12.3. The minimum Gasteiger partial charge on any atom is -0.481 e. The van der Waals surface area contributed by atoms with Crippen LogP contribution < -0.4 is 5.32 Å². The normalized spacial score (nSPS) is 22.2. The van der Waals surface area contributed by atoms with Gasteiger partial charge in [0.05, 0.1) is 12.5 Å². The summed E-state index contributed by atoms with van der Waals surface area (Å²) < 4.78 is 0. The van der Waals surface area contributed by atoms with Gasteiger partial charge in [0, 0.05) is 19.1 Å². The summed E-state index contributed by atoms with van der Waals surface area (Å²) >= 11 is 0. The molecule has 2 rings (SSSR count). The highest BCUT2D eigenvalue weighted by Crippen LogP contribution is 2.19. The zero-order valence-corrected chi connectivity index (χ0v) is 10.0. The number of nitrogens with one attached hydrogen (secondary N) is 1. The van der Waals surface area contributed by atoms with Crippen LogP contribution in [-0.4, -0.2) is 47.6 Å². The third-order valence-corrected chi connectivity index (χ3v) is 3.84. The topological polar surface area (TPSA) is 69.6 Å². The van der Waals surface area contributed by atoms with Crippen molar-refractivity contribution in [1.29, 1.82) is 0 Å². The highest BCUT2D eigenvalue weighted by atomic mass is 16.4. The molecule has 1 aliphatic heterocycles. The molecule has 2 aliphatic rings. The first kappa shape index (κ1) is 12.4. The molecule has 0 aromatic carbocycles. The fourth-order valence-corrected chi connectivity index (χ4v) is 2.33. The molecule has 1 aliphatic carbocycles. The summed E-state index contributed by atoms with van der Waals surface area (Å²) in [7, 11) is 0. The molecule has 2 fully saturated rings. The molecule has 0 aromatic rings. The van der Waals surface area contributed by atoms with Gasteiger partial charge in [-0.25, -0.2) is 0 Å². The van der Waals surface area contributed by atoms with Gasteiger partial charge in [-0.3, -0.25) is 9.59 Å². The molecule has 96 valence electrons. The van der Waals surface area contributed by atoms with E-state index in [0.29, 0.717) is 38.5 Å². The van der Waals surface area contributed by atoms with Gasteiger partial charge in [-0.05, 0) is 25.7 Å². The number of hydrogen-bond donors (Lipinski definition) is 2. The van der Waals surface area contributed by atoms with Gasteiger partial charge < -0.3 is 15.3 Å². The lowest BCUT2D eigenvalue weighted by molar-refractivity contribution is -0.145. The van der Waals surface area contributed by atoms with E-state index in [4.69, 9.17) is 5.11 Å². The number of rotatable bonds is 4. The number of aliphatic carboxylic acids is 1. The lowest BCUT2D eigenvalue weighted by atomic mass is 9.93. The fraction of sp³-hybridized carbons (Fsp3) is 0.833. The number of piperidine rings is 1. The van der Waals surface area contributed by atoms with Crippen LogP contribution in [0.2, 0.25) is 0 Å². The third kappa shape index (κ3) is 3.19. The van der Waals surface area contributed by atoms with E-state index in [-0.39, 0.29) is 11.8 Å². The minimum atomic E-state index is -0.732. The van der Waals surface area contributed by atoms with Crippen LogP contribution in [-0.2, 0) is 9.59 Å².